The average Bonchev–Trinajstić information content (AvgIpc) is 2.72. The third-order valence-electron chi connectivity index (χ3n) is 6.76. The number of Topliss-reactive ketones (excluding diaryl/α,β-unsaturated/α-hetero) is 1. The van der Waals surface area contributed by atoms with Crippen LogP contribution >= 0.6 is 0 Å². The van der Waals surface area contributed by atoms with E-state index in [0.717, 1.165) is 63.3 Å². The van der Waals surface area contributed by atoms with Crippen LogP contribution in [0.1, 0.15) is 78.0 Å². The van der Waals surface area contributed by atoms with Gasteiger partial charge < -0.3 is 9.80 Å². The van der Waals surface area contributed by atoms with E-state index in [4.69, 9.17) is 4.98 Å². The molecular formula is C23H38N4O. The van der Waals surface area contributed by atoms with Gasteiger partial charge in [0.25, 0.3) is 0 Å². The van der Waals surface area contributed by atoms with Crippen LogP contribution in [-0.4, -0.2) is 52.9 Å². The third-order valence-corrected chi connectivity index (χ3v) is 6.76. The number of rotatable bonds is 6. The molecule has 3 rings (SSSR count). The summed E-state index contributed by atoms with van der Waals surface area (Å²) in [5, 5.41) is 0. The van der Waals surface area contributed by atoms with Crippen molar-refractivity contribution in [1.29, 1.82) is 0 Å². The molecule has 0 bridgehead atoms. The molecule has 2 unspecified atom stereocenters. The molecule has 2 atom stereocenters. The van der Waals surface area contributed by atoms with E-state index in [2.05, 4.69) is 41.7 Å². The number of hydrogen-bond donors (Lipinski definition) is 0. The molecule has 1 aliphatic carbocycles. The van der Waals surface area contributed by atoms with Crippen LogP contribution in [0.3, 0.4) is 0 Å². The summed E-state index contributed by atoms with van der Waals surface area (Å²) >= 11 is 0. The van der Waals surface area contributed by atoms with E-state index in [1.54, 1.807) is 0 Å². The molecule has 1 aromatic heterocycles. The summed E-state index contributed by atoms with van der Waals surface area (Å²) in [7, 11) is 2.23. The van der Waals surface area contributed by atoms with E-state index in [1.807, 2.05) is 20.0 Å². The second-order valence-corrected chi connectivity index (χ2v) is 9.13. The van der Waals surface area contributed by atoms with Crippen LogP contribution in [0.4, 0.5) is 5.82 Å². The maximum absolute atomic E-state index is 12.3. The van der Waals surface area contributed by atoms with Crippen molar-refractivity contribution in [2.24, 2.45) is 11.8 Å². The standard InChI is InChI=1S/C23H38N4O/c1-6-19-14-26(5)15-20(7-2)27(19)21-12-13-24-23(25-21)18-10-8-17(9-11-18)22(28)16(3)4/h12-13,16-20H,6-11,14-15H2,1-5H3. The summed E-state index contributed by atoms with van der Waals surface area (Å²) in [5.41, 5.74) is 0. The highest BCUT2D eigenvalue weighted by Gasteiger charge is 2.33. The van der Waals surface area contributed by atoms with Gasteiger partial charge in [0.15, 0.2) is 0 Å². The van der Waals surface area contributed by atoms with Gasteiger partial charge >= 0.3 is 0 Å². The Labute approximate surface area is 170 Å². The Morgan fingerprint density at radius 3 is 2.25 bits per heavy atom. The molecule has 1 aliphatic heterocycles. The quantitative estimate of drug-likeness (QED) is 0.730. The van der Waals surface area contributed by atoms with Crippen LogP contribution < -0.4 is 4.90 Å². The molecule has 0 N–H and O–H groups in total. The van der Waals surface area contributed by atoms with Gasteiger partial charge in [0, 0.05) is 49.1 Å². The van der Waals surface area contributed by atoms with Gasteiger partial charge in [-0.3, -0.25) is 4.79 Å². The molecule has 2 heterocycles. The van der Waals surface area contributed by atoms with Gasteiger partial charge in [0.05, 0.1) is 0 Å². The molecule has 1 aromatic rings. The molecule has 1 saturated heterocycles. The van der Waals surface area contributed by atoms with E-state index in [9.17, 15) is 4.79 Å². The summed E-state index contributed by atoms with van der Waals surface area (Å²) in [6.45, 7) is 10.8. The van der Waals surface area contributed by atoms with E-state index in [0.29, 0.717) is 23.8 Å². The Hall–Kier alpha value is -1.49. The molecule has 5 heteroatoms. The average molecular weight is 387 g/mol. The number of nitrogens with zero attached hydrogens (tertiary/aromatic N) is 4. The van der Waals surface area contributed by atoms with Crippen molar-refractivity contribution >= 4 is 11.6 Å². The second kappa shape index (κ2) is 9.34. The maximum atomic E-state index is 12.3. The normalized spacial score (nSPS) is 29.3. The zero-order chi connectivity index (χ0) is 20.3. The van der Waals surface area contributed by atoms with Gasteiger partial charge in [-0.05, 0) is 51.6 Å². The fourth-order valence-corrected chi connectivity index (χ4v) is 5.11. The van der Waals surface area contributed by atoms with E-state index in [-0.39, 0.29) is 11.8 Å². The minimum absolute atomic E-state index is 0.148. The summed E-state index contributed by atoms with van der Waals surface area (Å²) in [5.74, 6) is 3.29. The smallest absolute Gasteiger partial charge is 0.138 e. The Kier molecular flexibility index (Phi) is 7.08. The van der Waals surface area contributed by atoms with Crippen LogP contribution in [0.25, 0.3) is 0 Å². The molecule has 156 valence electrons. The molecule has 0 radical (unpaired) electrons. The number of aromatic nitrogens is 2. The lowest BCUT2D eigenvalue weighted by molar-refractivity contribution is -0.126. The zero-order valence-corrected chi connectivity index (χ0v) is 18.4. The highest BCUT2D eigenvalue weighted by Crippen LogP contribution is 2.36. The largest absolute Gasteiger partial charge is 0.348 e. The van der Waals surface area contributed by atoms with E-state index in [1.165, 1.54) is 0 Å². The SMILES string of the molecule is CCC1CN(C)CC(CC)N1c1ccnc(C2CCC(C(=O)C(C)C)CC2)n1. The lowest BCUT2D eigenvalue weighted by Gasteiger charge is -2.46. The summed E-state index contributed by atoms with van der Waals surface area (Å²) in [4.78, 5) is 27.0. The Morgan fingerprint density at radius 1 is 1.11 bits per heavy atom. The molecule has 0 aromatic carbocycles. The number of ketones is 1. The number of carbonyl (C=O) groups is 1. The van der Waals surface area contributed by atoms with Crippen molar-refractivity contribution in [3.8, 4) is 0 Å². The molecule has 2 fully saturated rings. The topological polar surface area (TPSA) is 49.3 Å². The Balaban J connectivity index is 1.74. The van der Waals surface area contributed by atoms with Gasteiger partial charge in [-0.1, -0.05) is 27.7 Å². The number of likely N-dealkylation sites (N-methyl/N-ethyl adjacent to an activating group) is 1. The van der Waals surface area contributed by atoms with Crippen molar-refractivity contribution in [3.63, 3.8) is 0 Å². The summed E-state index contributed by atoms with van der Waals surface area (Å²) in [6.07, 6.45) is 8.23. The molecule has 28 heavy (non-hydrogen) atoms. The molecule has 5 nitrogen and oxygen atoms in total. The highest BCUT2D eigenvalue weighted by molar-refractivity contribution is 5.82. The Bertz CT molecular complexity index is 640. The van der Waals surface area contributed by atoms with Crippen LogP contribution in [0.2, 0.25) is 0 Å². The number of carbonyl (C=O) groups excluding carboxylic acids is 1. The van der Waals surface area contributed by atoms with Gasteiger partial charge in [0.2, 0.25) is 0 Å². The van der Waals surface area contributed by atoms with Crippen molar-refractivity contribution in [2.45, 2.75) is 84.2 Å². The predicted molar refractivity (Wildman–Crippen MR) is 115 cm³/mol. The fraction of sp³-hybridized carbons (Fsp3) is 0.783. The molecule has 2 aliphatic rings. The number of hydrogen-bond acceptors (Lipinski definition) is 5. The minimum Gasteiger partial charge on any atom is -0.348 e. The van der Waals surface area contributed by atoms with Crippen LogP contribution in [0.5, 0.6) is 0 Å². The first-order chi connectivity index (χ1) is 13.4. The van der Waals surface area contributed by atoms with Crippen molar-refractivity contribution < 1.29 is 4.79 Å². The van der Waals surface area contributed by atoms with Crippen molar-refractivity contribution in [1.82, 2.24) is 14.9 Å². The minimum atomic E-state index is 0.148. The first-order valence-electron chi connectivity index (χ1n) is 11.3. The summed E-state index contributed by atoms with van der Waals surface area (Å²) < 4.78 is 0. The molecular weight excluding hydrogens is 348 g/mol. The van der Waals surface area contributed by atoms with Gasteiger partial charge in [0.1, 0.15) is 17.4 Å². The lowest BCUT2D eigenvalue weighted by Crippen LogP contribution is -2.57. The van der Waals surface area contributed by atoms with E-state index < -0.39 is 0 Å². The van der Waals surface area contributed by atoms with Crippen LogP contribution in [0.15, 0.2) is 12.3 Å². The third kappa shape index (κ3) is 4.56. The fourth-order valence-electron chi connectivity index (χ4n) is 5.11. The highest BCUT2D eigenvalue weighted by atomic mass is 16.1. The molecule has 0 spiro atoms. The number of piperazine rings is 1. The predicted octanol–water partition coefficient (Wildman–Crippen LogP) is 4.28. The first kappa shape index (κ1) is 21.2. The lowest BCUT2D eigenvalue weighted by atomic mass is 9.77. The van der Waals surface area contributed by atoms with Gasteiger partial charge in [-0.15, -0.1) is 0 Å². The molecule has 0 amide bonds. The van der Waals surface area contributed by atoms with Gasteiger partial charge in [-0.2, -0.15) is 0 Å². The Morgan fingerprint density at radius 2 is 1.71 bits per heavy atom. The first-order valence-corrected chi connectivity index (χ1v) is 11.3. The van der Waals surface area contributed by atoms with Gasteiger partial charge in [-0.25, -0.2) is 9.97 Å². The summed E-state index contributed by atoms with van der Waals surface area (Å²) in [6, 6.07) is 3.10. The van der Waals surface area contributed by atoms with E-state index >= 15 is 0 Å². The number of anilines is 1. The van der Waals surface area contributed by atoms with Crippen molar-refractivity contribution in [2.75, 3.05) is 25.0 Å². The second-order valence-electron chi connectivity index (χ2n) is 9.13. The molecule has 1 saturated carbocycles. The maximum Gasteiger partial charge on any atom is 0.138 e. The van der Waals surface area contributed by atoms with Crippen molar-refractivity contribution in [3.05, 3.63) is 18.1 Å². The van der Waals surface area contributed by atoms with Crippen LogP contribution in [0, 0.1) is 11.8 Å². The monoisotopic (exact) mass is 386 g/mol. The van der Waals surface area contributed by atoms with Crippen LogP contribution in [-0.2, 0) is 4.79 Å². The zero-order valence-electron chi connectivity index (χ0n) is 18.4.